The average molecular weight is 395 g/mol. The van der Waals surface area contributed by atoms with Crippen LogP contribution in [-0.4, -0.2) is 50.6 Å². The molecular formula is C18H22N2O4S2. The number of rotatable bonds is 6. The van der Waals surface area contributed by atoms with Crippen molar-refractivity contribution in [1.29, 1.82) is 0 Å². The van der Waals surface area contributed by atoms with E-state index in [4.69, 9.17) is 9.47 Å². The van der Waals surface area contributed by atoms with Crippen molar-refractivity contribution < 1.29 is 19.1 Å². The number of likely N-dealkylation sites (tertiary alicyclic amines) is 1. The van der Waals surface area contributed by atoms with E-state index >= 15 is 0 Å². The highest BCUT2D eigenvalue weighted by Gasteiger charge is 2.27. The van der Waals surface area contributed by atoms with Crippen LogP contribution in [0.5, 0.6) is 11.5 Å². The molecule has 1 fully saturated rings. The van der Waals surface area contributed by atoms with Gasteiger partial charge in [-0.05, 0) is 41.7 Å². The SMILES string of the molecule is COc1ccsc1C(=O)NC[C@@H]1CCCN(C(=O)c2sccc2OC)C1. The summed E-state index contributed by atoms with van der Waals surface area (Å²) in [4.78, 5) is 28.2. The van der Waals surface area contributed by atoms with E-state index in [1.165, 1.54) is 22.7 Å². The molecule has 0 radical (unpaired) electrons. The first-order valence-electron chi connectivity index (χ1n) is 8.44. The van der Waals surface area contributed by atoms with E-state index in [2.05, 4.69) is 5.32 Å². The van der Waals surface area contributed by atoms with E-state index in [-0.39, 0.29) is 17.7 Å². The molecule has 1 aliphatic heterocycles. The maximum atomic E-state index is 12.7. The van der Waals surface area contributed by atoms with Crippen LogP contribution >= 0.6 is 22.7 Å². The zero-order chi connectivity index (χ0) is 18.5. The van der Waals surface area contributed by atoms with Crippen LogP contribution in [0, 0.1) is 5.92 Å². The molecule has 2 aromatic heterocycles. The van der Waals surface area contributed by atoms with Gasteiger partial charge < -0.3 is 19.7 Å². The summed E-state index contributed by atoms with van der Waals surface area (Å²) in [7, 11) is 3.13. The summed E-state index contributed by atoms with van der Waals surface area (Å²) < 4.78 is 10.5. The Morgan fingerprint density at radius 3 is 2.50 bits per heavy atom. The molecule has 1 aliphatic rings. The van der Waals surface area contributed by atoms with Crippen molar-refractivity contribution in [2.24, 2.45) is 5.92 Å². The summed E-state index contributed by atoms with van der Waals surface area (Å²) in [5.74, 6) is 1.35. The zero-order valence-electron chi connectivity index (χ0n) is 14.8. The Morgan fingerprint density at radius 1 is 1.15 bits per heavy atom. The van der Waals surface area contributed by atoms with Crippen LogP contribution in [0.15, 0.2) is 22.9 Å². The second-order valence-corrected chi connectivity index (χ2v) is 7.94. The third-order valence-corrected chi connectivity index (χ3v) is 6.23. The molecule has 1 atom stereocenters. The van der Waals surface area contributed by atoms with Crippen molar-refractivity contribution in [3.05, 3.63) is 32.6 Å². The minimum absolute atomic E-state index is 0.00722. The number of methoxy groups -OCH3 is 2. The Morgan fingerprint density at radius 2 is 1.81 bits per heavy atom. The number of piperidine rings is 1. The summed E-state index contributed by atoms with van der Waals surface area (Å²) in [6.07, 6.45) is 1.93. The third-order valence-electron chi connectivity index (χ3n) is 4.46. The molecule has 2 aromatic rings. The van der Waals surface area contributed by atoms with E-state index in [1.54, 1.807) is 20.3 Å². The van der Waals surface area contributed by atoms with Gasteiger partial charge in [0.2, 0.25) is 0 Å². The van der Waals surface area contributed by atoms with Gasteiger partial charge in [-0.2, -0.15) is 0 Å². The van der Waals surface area contributed by atoms with Crippen LogP contribution < -0.4 is 14.8 Å². The topological polar surface area (TPSA) is 67.9 Å². The molecule has 0 aliphatic carbocycles. The second kappa shape index (κ2) is 8.55. The Balaban J connectivity index is 1.57. The standard InChI is InChI=1S/C18H22N2O4S2/c1-23-13-5-8-25-15(13)17(21)19-10-12-4-3-7-20(11-12)18(22)16-14(24-2)6-9-26-16/h5-6,8-9,12H,3-4,7,10-11H2,1-2H3,(H,19,21)/t12-/m0/s1. The lowest BCUT2D eigenvalue weighted by molar-refractivity contribution is 0.0673. The summed E-state index contributed by atoms with van der Waals surface area (Å²) in [5, 5.41) is 6.68. The quantitative estimate of drug-likeness (QED) is 0.817. The van der Waals surface area contributed by atoms with Crippen molar-refractivity contribution in [2.45, 2.75) is 12.8 Å². The average Bonchev–Trinajstić information content (AvgIpc) is 3.34. The Kier molecular flexibility index (Phi) is 6.16. The maximum Gasteiger partial charge on any atom is 0.267 e. The van der Waals surface area contributed by atoms with Crippen LogP contribution in [0.4, 0.5) is 0 Å². The Hall–Kier alpha value is -2.06. The van der Waals surface area contributed by atoms with E-state index in [9.17, 15) is 9.59 Å². The molecule has 140 valence electrons. The van der Waals surface area contributed by atoms with Gasteiger partial charge in [0.25, 0.3) is 11.8 Å². The van der Waals surface area contributed by atoms with E-state index in [0.717, 1.165) is 19.4 Å². The first-order chi connectivity index (χ1) is 12.6. The van der Waals surface area contributed by atoms with Gasteiger partial charge in [0.05, 0.1) is 14.2 Å². The van der Waals surface area contributed by atoms with Crippen LogP contribution in [-0.2, 0) is 0 Å². The number of ether oxygens (including phenoxy) is 2. The molecule has 0 saturated carbocycles. The molecule has 2 amide bonds. The Labute approximate surface area is 160 Å². The molecule has 6 nitrogen and oxygen atoms in total. The second-order valence-electron chi connectivity index (χ2n) is 6.11. The number of hydrogen-bond acceptors (Lipinski definition) is 6. The number of thiophene rings is 2. The van der Waals surface area contributed by atoms with Gasteiger partial charge in [-0.3, -0.25) is 9.59 Å². The first-order valence-corrected chi connectivity index (χ1v) is 10.2. The maximum absolute atomic E-state index is 12.7. The van der Waals surface area contributed by atoms with Crippen molar-refractivity contribution >= 4 is 34.5 Å². The molecule has 0 unspecified atom stereocenters. The molecule has 0 spiro atoms. The largest absolute Gasteiger partial charge is 0.495 e. The number of carbonyl (C=O) groups excluding carboxylic acids is 2. The van der Waals surface area contributed by atoms with Crippen molar-refractivity contribution in [1.82, 2.24) is 10.2 Å². The molecule has 8 heteroatoms. The van der Waals surface area contributed by atoms with Gasteiger partial charge in [-0.15, -0.1) is 22.7 Å². The number of hydrogen-bond donors (Lipinski definition) is 1. The minimum atomic E-state index is -0.125. The summed E-state index contributed by atoms with van der Waals surface area (Å²) in [6, 6.07) is 3.60. The lowest BCUT2D eigenvalue weighted by atomic mass is 9.97. The number of amides is 2. The number of nitrogens with zero attached hydrogens (tertiary/aromatic N) is 1. The summed E-state index contributed by atoms with van der Waals surface area (Å²) in [5.41, 5.74) is 0. The normalized spacial score (nSPS) is 17.0. The molecule has 26 heavy (non-hydrogen) atoms. The zero-order valence-corrected chi connectivity index (χ0v) is 16.5. The lowest BCUT2D eigenvalue weighted by Crippen LogP contribution is -2.43. The van der Waals surface area contributed by atoms with Gasteiger partial charge in [0.15, 0.2) is 0 Å². The van der Waals surface area contributed by atoms with E-state index in [0.29, 0.717) is 34.3 Å². The predicted octanol–water partition coefficient (Wildman–Crippen LogP) is 3.11. The first kappa shape index (κ1) is 18.7. The van der Waals surface area contributed by atoms with Gasteiger partial charge in [-0.1, -0.05) is 0 Å². The molecular weight excluding hydrogens is 372 g/mol. The van der Waals surface area contributed by atoms with E-state index < -0.39 is 0 Å². The van der Waals surface area contributed by atoms with Gasteiger partial charge in [0, 0.05) is 19.6 Å². The van der Waals surface area contributed by atoms with Crippen LogP contribution in [0.25, 0.3) is 0 Å². The highest BCUT2D eigenvalue weighted by atomic mass is 32.1. The third kappa shape index (κ3) is 4.02. The Bertz CT molecular complexity index is 771. The summed E-state index contributed by atoms with van der Waals surface area (Å²) >= 11 is 2.76. The van der Waals surface area contributed by atoms with Crippen molar-refractivity contribution in [2.75, 3.05) is 33.9 Å². The molecule has 1 saturated heterocycles. The molecule has 0 bridgehead atoms. The molecule has 3 heterocycles. The fraction of sp³-hybridized carbons (Fsp3) is 0.444. The van der Waals surface area contributed by atoms with Crippen LogP contribution in [0.3, 0.4) is 0 Å². The van der Waals surface area contributed by atoms with Gasteiger partial charge in [0.1, 0.15) is 21.3 Å². The van der Waals surface area contributed by atoms with Crippen LogP contribution in [0.2, 0.25) is 0 Å². The van der Waals surface area contributed by atoms with Gasteiger partial charge in [-0.25, -0.2) is 0 Å². The predicted molar refractivity (Wildman–Crippen MR) is 103 cm³/mol. The smallest absolute Gasteiger partial charge is 0.267 e. The molecule has 0 aromatic carbocycles. The van der Waals surface area contributed by atoms with E-state index in [1.807, 2.05) is 21.7 Å². The highest BCUT2D eigenvalue weighted by molar-refractivity contribution is 7.12. The van der Waals surface area contributed by atoms with Crippen molar-refractivity contribution in [3.8, 4) is 11.5 Å². The fourth-order valence-electron chi connectivity index (χ4n) is 3.12. The fourth-order valence-corrected chi connectivity index (χ4v) is 4.71. The monoisotopic (exact) mass is 394 g/mol. The van der Waals surface area contributed by atoms with Gasteiger partial charge >= 0.3 is 0 Å². The molecule has 1 N–H and O–H groups in total. The lowest BCUT2D eigenvalue weighted by Gasteiger charge is -2.32. The highest BCUT2D eigenvalue weighted by Crippen LogP contribution is 2.28. The molecule has 3 rings (SSSR count). The van der Waals surface area contributed by atoms with Crippen molar-refractivity contribution in [3.63, 3.8) is 0 Å². The number of nitrogens with one attached hydrogen (secondary N) is 1. The van der Waals surface area contributed by atoms with Crippen LogP contribution in [0.1, 0.15) is 32.2 Å². The minimum Gasteiger partial charge on any atom is -0.495 e. The number of carbonyl (C=O) groups is 2. The summed E-state index contributed by atoms with van der Waals surface area (Å²) in [6.45, 7) is 1.93.